The lowest BCUT2D eigenvalue weighted by Crippen LogP contribution is -2.46. The first-order valence-corrected chi connectivity index (χ1v) is 9.83. The van der Waals surface area contributed by atoms with E-state index >= 15 is 0 Å². The number of aromatic nitrogens is 2. The highest BCUT2D eigenvalue weighted by atomic mass is 16.2. The summed E-state index contributed by atoms with van der Waals surface area (Å²) in [5, 5.41) is 7.22. The number of benzene rings is 2. The zero-order chi connectivity index (χ0) is 20.6. The van der Waals surface area contributed by atoms with Crippen molar-refractivity contribution in [3.63, 3.8) is 0 Å². The number of carbonyl (C=O) groups excluding carboxylic acids is 2. The first-order chi connectivity index (χ1) is 14.1. The predicted molar refractivity (Wildman–Crippen MR) is 114 cm³/mol. The third kappa shape index (κ3) is 5.31. The molecule has 0 aliphatic rings. The van der Waals surface area contributed by atoms with Gasteiger partial charge in [-0.25, -0.2) is 4.68 Å². The highest BCUT2D eigenvalue weighted by molar-refractivity contribution is 5.97. The SMILES string of the molecule is CCCN(C(=O)Cc1cnn(-c2ccccc2)c1)C(C)C(=O)Nc1ccccc1. The number of anilines is 1. The highest BCUT2D eigenvalue weighted by Crippen LogP contribution is 2.13. The number of carbonyl (C=O) groups is 2. The average molecular weight is 390 g/mol. The monoisotopic (exact) mass is 390 g/mol. The van der Waals surface area contributed by atoms with Gasteiger partial charge in [-0.05, 0) is 43.2 Å². The molecular weight excluding hydrogens is 364 g/mol. The second kappa shape index (κ2) is 9.68. The minimum absolute atomic E-state index is 0.0878. The Kier molecular flexibility index (Phi) is 6.79. The number of hydrogen-bond acceptors (Lipinski definition) is 3. The average Bonchev–Trinajstić information content (AvgIpc) is 3.21. The van der Waals surface area contributed by atoms with E-state index in [0.29, 0.717) is 6.54 Å². The minimum Gasteiger partial charge on any atom is -0.331 e. The van der Waals surface area contributed by atoms with Crippen LogP contribution in [0, 0.1) is 0 Å². The molecule has 2 aromatic carbocycles. The van der Waals surface area contributed by atoms with Gasteiger partial charge in [-0.1, -0.05) is 43.3 Å². The molecule has 3 aromatic rings. The molecule has 1 N–H and O–H groups in total. The Morgan fingerprint density at radius 2 is 1.72 bits per heavy atom. The Hall–Kier alpha value is -3.41. The van der Waals surface area contributed by atoms with Gasteiger partial charge in [0.2, 0.25) is 11.8 Å². The Morgan fingerprint density at radius 3 is 2.38 bits per heavy atom. The fourth-order valence-corrected chi connectivity index (χ4v) is 3.13. The van der Waals surface area contributed by atoms with Gasteiger partial charge in [0.15, 0.2) is 0 Å². The number of rotatable bonds is 8. The summed E-state index contributed by atoms with van der Waals surface area (Å²) >= 11 is 0. The van der Waals surface area contributed by atoms with Crippen molar-refractivity contribution in [3.05, 3.63) is 78.6 Å². The van der Waals surface area contributed by atoms with E-state index < -0.39 is 6.04 Å². The van der Waals surface area contributed by atoms with Crippen LogP contribution in [0.4, 0.5) is 5.69 Å². The maximum atomic E-state index is 13.0. The number of nitrogens with zero attached hydrogens (tertiary/aromatic N) is 3. The van der Waals surface area contributed by atoms with Crippen LogP contribution in [0.25, 0.3) is 5.69 Å². The van der Waals surface area contributed by atoms with Gasteiger partial charge in [-0.2, -0.15) is 5.10 Å². The summed E-state index contributed by atoms with van der Waals surface area (Å²) in [6.45, 7) is 4.28. The van der Waals surface area contributed by atoms with Crippen molar-refractivity contribution in [3.8, 4) is 5.69 Å². The summed E-state index contributed by atoms with van der Waals surface area (Å²) in [6.07, 6.45) is 4.53. The summed E-state index contributed by atoms with van der Waals surface area (Å²) in [5.74, 6) is -0.284. The van der Waals surface area contributed by atoms with Crippen molar-refractivity contribution in [2.24, 2.45) is 0 Å². The largest absolute Gasteiger partial charge is 0.331 e. The Morgan fingerprint density at radius 1 is 1.07 bits per heavy atom. The topological polar surface area (TPSA) is 67.2 Å². The molecule has 150 valence electrons. The molecule has 1 heterocycles. The van der Waals surface area contributed by atoms with E-state index in [1.165, 1.54) is 0 Å². The van der Waals surface area contributed by atoms with Crippen LogP contribution in [0.1, 0.15) is 25.8 Å². The van der Waals surface area contributed by atoms with Crippen LogP contribution >= 0.6 is 0 Å². The normalized spacial score (nSPS) is 11.7. The number of amides is 2. The van der Waals surface area contributed by atoms with E-state index in [0.717, 1.165) is 23.4 Å². The minimum atomic E-state index is -0.563. The third-order valence-corrected chi connectivity index (χ3v) is 4.69. The fraction of sp³-hybridized carbons (Fsp3) is 0.261. The molecule has 6 heteroatoms. The second-order valence-electron chi connectivity index (χ2n) is 6.92. The Bertz CT molecular complexity index is 938. The summed E-state index contributed by atoms with van der Waals surface area (Å²) in [4.78, 5) is 27.2. The van der Waals surface area contributed by atoms with Crippen LogP contribution in [0.3, 0.4) is 0 Å². The first-order valence-electron chi connectivity index (χ1n) is 9.83. The first kappa shape index (κ1) is 20.3. The molecule has 0 aliphatic heterocycles. The molecule has 0 bridgehead atoms. The molecule has 0 saturated carbocycles. The van der Waals surface area contributed by atoms with E-state index in [-0.39, 0.29) is 18.2 Å². The molecular formula is C23H26N4O2. The Balaban J connectivity index is 1.67. The molecule has 29 heavy (non-hydrogen) atoms. The summed E-state index contributed by atoms with van der Waals surface area (Å²) in [6, 6.07) is 18.4. The maximum absolute atomic E-state index is 13.0. The quantitative estimate of drug-likeness (QED) is 0.638. The van der Waals surface area contributed by atoms with Gasteiger partial charge in [0.25, 0.3) is 0 Å². The second-order valence-corrected chi connectivity index (χ2v) is 6.92. The van der Waals surface area contributed by atoms with Gasteiger partial charge < -0.3 is 10.2 Å². The van der Waals surface area contributed by atoms with Gasteiger partial charge in [0, 0.05) is 18.4 Å². The van der Waals surface area contributed by atoms with Crippen LogP contribution in [0.15, 0.2) is 73.1 Å². The van der Waals surface area contributed by atoms with Crippen LogP contribution in [-0.2, 0) is 16.0 Å². The van der Waals surface area contributed by atoms with Crippen molar-refractivity contribution in [2.45, 2.75) is 32.7 Å². The molecule has 0 saturated heterocycles. The van der Waals surface area contributed by atoms with Crippen LogP contribution in [0.5, 0.6) is 0 Å². The van der Waals surface area contributed by atoms with Gasteiger partial charge in [0.1, 0.15) is 6.04 Å². The van der Waals surface area contributed by atoms with Gasteiger partial charge in [0.05, 0.1) is 18.3 Å². The van der Waals surface area contributed by atoms with Crippen LogP contribution in [0.2, 0.25) is 0 Å². The standard InChI is InChI=1S/C23H26N4O2/c1-3-14-26(18(2)23(29)25-20-10-6-4-7-11-20)22(28)15-19-16-24-27(17-19)21-12-8-5-9-13-21/h4-13,16-18H,3,14-15H2,1-2H3,(H,25,29). The smallest absolute Gasteiger partial charge is 0.246 e. The van der Waals surface area contributed by atoms with Gasteiger partial charge in [-0.15, -0.1) is 0 Å². The zero-order valence-electron chi connectivity index (χ0n) is 16.8. The lowest BCUT2D eigenvalue weighted by atomic mass is 10.1. The van der Waals surface area contributed by atoms with Gasteiger partial charge >= 0.3 is 0 Å². The molecule has 0 fully saturated rings. The van der Waals surface area contributed by atoms with Crippen molar-refractivity contribution in [1.29, 1.82) is 0 Å². The van der Waals surface area contributed by atoms with Gasteiger partial charge in [-0.3, -0.25) is 9.59 Å². The Labute approximate surface area is 171 Å². The number of hydrogen-bond donors (Lipinski definition) is 1. The predicted octanol–water partition coefficient (Wildman–Crippen LogP) is 3.68. The lowest BCUT2D eigenvalue weighted by molar-refractivity contribution is -0.137. The number of para-hydroxylation sites is 2. The summed E-state index contributed by atoms with van der Waals surface area (Å²) < 4.78 is 1.75. The summed E-state index contributed by atoms with van der Waals surface area (Å²) in [5.41, 5.74) is 2.47. The molecule has 2 amide bonds. The zero-order valence-corrected chi connectivity index (χ0v) is 16.8. The van der Waals surface area contributed by atoms with Crippen LogP contribution in [-0.4, -0.2) is 39.1 Å². The van der Waals surface area contributed by atoms with Crippen molar-refractivity contribution >= 4 is 17.5 Å². The van der Waals surface area contributed by atoms with Crippen molar-refractivity contribution in [1.82, 2.24) is 14.7 Å². The van der Waals surface area contributed by atoms with E-state index in [4.69, 9.17) is 0 Å². The number of nitrogens with one attached hydrogen (secondary N) is 1. The third-order valence-electron chi connectivity index (χ3n) is 4.69. The molecule has 1 aromatic heterocycles. The molecule has 1 unspecified atom stereocenters. The molecule has 1 atom stereocenters. The highest BCUT2D eigenvalue weighted by Gasteiger charge is 2.25. The van der Waals surface area contributed by atoms with Crippen molar-refractivity contribution in [2.75, 3.05) is 11.9 Å². The molecule has 0 aliphatic carbocycles. The van der Waals surface area contributed by atoms with Crippen LogP contribution < -0.4 is 5.32 Å². The van der Waals surface area contributed by atoms with E-state index in [1.54, 1.807) is 22.7 Å². The summed E-state index contributed by atoms with van der Waals surface area (Å²) in [7, 11) is 0. The molecule has 0 radical (unpaired) electrons. The lowest BCUT2D eigenvalue weighted by Gasteiger charge is -2.28. The molecule has 6 nitrogen and oxygen atoms in total. The van der Waals surface area contributed by atoms with Crippen molar-refractivity contribution < 1.29 is 9.59 Å². The van der Waals surface area contributed by atoms with E-state index in [1.807, 2.05) is 73.8 Å². The van der Waals surface area contributed by atoms with E-state index in [9.17, 15) is 9.59 Å². The molecule has 3 rings (SSSR count). The fourth-order valence-electron chi connectivity index (χ4n) is 3.13. The maximum Gasteiger partial charge on any atom is 0.246 e. The van der Waals surface area contributed by atoms with E-state index in [2.05, 4.69) is 10.4 Å². The molecule has 0 spiro atoms.